The van der Waals surface area contributed by atoms with Crippen LogP contribution in [-0.2, 0) is 0 Å². The van der Waals surface area contributed by atoms with Gasteiger partial charge in [-0.2, -0.15) is 0 Å². The third-order valence-corrected chi connectivity index (χ3v) is 17.9. The predicted molar refractivity (Wildman–Crippen MR) is 270 cm³/mol. The number of benzene rings is 10. The molecule has 0 spiro atoms. The second-order valence-corrected chi connectivity index (χ2v) is 20.1. The van der Waals surface area contributed by atoms with E-state index in [4.69, 9.17) is 0 Å². The highest BCUT2D eigenvalue weighted by molar-refractivity contribution is 7.20. The molecule has 0 saturated heterocycles. The van der Waals surface area contributed by atoms with E-state index in [0.29, 0.717) is 0 Å². The van der Waals surface area contributed by atoms with Crippen LogP contribution in [0.5, 0.6) is 0 Å². The van der Waals surface area contributed by atoms with Crippen LogP contribution in [0.2, 0.25) is 0 Å². The molecule has 63 heavy (non-hydrogen) atoms. The smallest absolute Gasteiger partial charge is 0.181 e. The van der Waals surface area contributed by atoms with Crippen molar-refractivity contribution in [1.82, 2.24) is 9.13 Å². The van der Waals surface area contributed by atoms with E-state index in [9.17, 15) is 0 Å². The van der Waals surface area contributed by atoms with Crippen LogP contribution in [0.3, 0.4) is 0 Å². The molecule has 0 N–H and O–H groups in total. The molecule has 296 valence electrons. The van der Waals surface area contributed by atoms with Crippen LogP contribution in [-0.4, -0.2) is 17.2 Å². The van der Waals surface area contributed by atoms with E-state index in [2.05, 4.69) is 264 Å². The maximum Gasteiger partial charge on any atom is 0.181 e. The van der Waals surface area contributed by atoms with Crippen molar-refractivity contribution in [3.05, 3.63) is 255 Å². The molecule has 0 bridgehead atoms. The summed E-state index contributed by atoms with van der Waals surface area (Å²) in [5.74, 6) is 0. The Balaban J connectivity index is 1.34. The summed E-state index contributed by atoms with van der Waals surface area (Å²) in [5, 5.41) is 10.3. The zero-order valence-electron chi connectivity index (χ0n) is 34.6. The van der Waals surface area contributed by atoms with Crippen molar-refractivity contribution in [2.24, 2.45) is 0 Å². The Kier molecular flexibility index (Phi) is 8.87. The minimum atomic E-state index is -3.05. The lowest BCUT2D eigenvalue weighted by molar-refractivity contribution is 1.13. The van der Waals surface area contributed by atoms with Gasteiger partial charge >= 0.3 is 0 Å². The fourth-order valence-electron chi connectivity index (χ4n) is 10.5. The Morgan fingerprint density at radius 2 is 0.698 bits per heavy atom. The zero-order valence-corrected chi connectivity index (χ0v) is 35.6. The van der Waals surface area contributed by atoms with Crippen LogP contribution in [0.15, 0.2) is 255 Å². The molecule has 0 aliphatic rings. The van der Waals surface area contributed by atoms with Crippen molar-refractivity contribution in [3.63, 3.8) is 0 Å². The van der Waals surface area contributed by atoms with E-state index in [1.165, 1.54) is 86.6 Å². The van der Waals surface area contributed by atoms with Crippen LogP contribution in [0.25, 0.3) is 77.2 Å². The largest absolute Gasteiger partial charge is 0.307 e. The predicted octanol–water partition coefficient (Wildman–Crippen LogP) is 12.6. The minimum absolute atomic E-state index is 1.14. The van der Waals surface area contributed by atoms with Crippen molar-refractivity contribution in [3.8, 4) is 33.6 Å². The van der Waals surface area contributed by atoms with Gasteiger partial charge in [0.25, 0.3) is 0 Å². The van der Waals surface area contributed by atoms with E-state index in [1.54, 1.807) is 0 Å². The second kappa shape index (κ2) is 15.2. The molecule has 12 aromatic rings. The van der Waals surface area contributed by atoms with Gasteiger partial charge in [0.15, 0.2) is 8.07 Å². The summed E-state index contributed by atoms with van der Waals surface area (Å²) in [6.45, 7) is 0. The van der Waals surface area contributed by atoms with Crippen molar-refractivity contribution < 1.29 is 0 Å². The molecule has 0 aliphatic carbocycles. The lowest BCUT2D eigenvalue weighted by Crippen LogP contribution is -2.75. The molecular weight excluding hydrogens is 777 g/mol. The maximum atomic E-state index is 2.65. The second-order valence-electron chi connectivity index (χ2n) is 16.4. The van der Waals surface area contributed by atoms with E-state index in [-0.39, 0.29) is 0 Å². The number of fused-ring (bicyclic) bond motifs is 6. The van der Waals surface area contributed by atoms with Gasteiger partial charge in [0.1, 0.15) is 0 Å². The SMILES string of the molecule is c1ccc(-c2ccccc2-n2c3ccccc3c3ccc(-c4ccccc4)c(-n4c5ccccc5c5cccc([Si](c6ccccc6)(c6ccccc6)c6ccccc6)c54)c32)cc1. The summed E-state index contributed by atoms with van der Waals surface area (Å²) in [6, 6.07) is 94.5. The minimum Gasteiger partial charge on any atom is -0.307 e. The Morgan fingerprint density at radius 3 is 1.27 bits per heavy atom. The molecule has 0 aliphatic heterocycles. The summed E-state index contributed by atoms with van der Waals surface area (Å²) in [5.41, 5.74) is 11.8. The molecule has 0 radical (unpaired) electrons. The topological polar surface area (TPSA) is 9.86 Å². The van der Waals surface area contributed by atoms with E-state index < -0.39 is 8.07 Å². The number of aromatic nitrogens is 2. The molecule has 12 rings (SSSR count). The van der Waals surface area contributed by atoms with Crippen LogP contribution >= 0.6 is 0 Å². The van der Waals surface area contributed by atoms with E-state index in [0.717, 1.165) is 11.4 Å². The average Bonchev–Trinajstić information content (AvgIpc) is 3.89. The molecule has 0 atom stereocenters. The number of para-hydroxylation sites is 4. The summed E-state index contributed by atoms with van der Waals surface area (Å²) < 4.78 is 5.20. The highest BCUT2D eigenvalue weighted by Crippen LogP contribution is 2.45. The molecule has 2 nitrogen and oxygen atoms in total. The molecule has 0 amide bonds. The molecule has 0 saturated carbocycles. The van der Waals surface area contributed by atoms with Gasteiger partial charge < -0.3 is 9.13 Å². The quantitative estimate of drug-likeness (QED) is 0.107. The van der Waals surface area contributed by atoms with Crippen molar-refractivity contribution in [1.29, 1.82) is 0 Å². The van der Waals surface area contributed by atoms with Gasteiger partial charge in [-0.3, -0.25) is 0 Å². The highest BCUT2D eigenvalue weighted by atomic mass is 28.3. The van der Waals surface area contributed by atoms with Crippen molar-refractivity contribution in [2.45, 2.75) is 0 Å². The molecule has 0 fully saturated rings. The molecule has 3 heteroatoms. The molecular formula is C60H42N2Si. The number of hydrogen-bond acceptors (Lipinski definition) is 0. The van der Waals surface area contributed by atoms with Crippen LogP contribution in [0.1, 0.15) is 0 Å². The van der Waals surface area contributed by atoms with Gasteiger partial charge in [-0.25, -0.2) is 0 Å². The first-order valence-electron chi connectivity index (χ1n) is 21.8. The third-order valence-electron chi connectivity index (χ3n) is 13.1. The van der Waals surface area contributed by atoms with E-state index in [1.807, 2.05) is 0 Å². The Hall–Kier alpha value is -7.98. The summed E-state index contributed by atoms with van der Waals surface area (Å²) in [7, 11) is -3.05. The summed E-state index contributed by atoms with van der Waals surface area (Å²) >= 11 is 0. The Labute approximate surface area is 368 Å². The van der Waals surface area contributed by atoms with Gasteiger partial charge in [0.05, 0.1) is 33.4 Å². The summed E-state index contributed by atoms with van der Waals surface area (Å²) in [6.07, 6.45) is 0. The highest BCUT2D eigenvalue weighted by Gasteiger charge is 2.43. The van der Waals surface area contributed by atoms with Crippen LogP contribution < -0.4 is 20.7 Å². The van der Waals surface area contributed by atoms with Crippen molar-refractivity contribution >= 4 is 72.4 Å². The van der Waals surface area contributed by atoms with Gasteiger partial charge in [-0.1, -0.05) is 237 Å². The standard InChI is InChI=1S/C60H42N2Si/c1-6-23-43(24-7-1)48-33-16-19-37-54(48)61-55-38-20-17-35-51(55)53-42-41-49(44-25-8-2-9-26-44)59(60(53)61)62-56-39-21-18-34-50(56)52-36-22-40-57(58(52)62)63(45-27-10-3-11-28-45,46-29-12-4-13-30-46)47-31-14-5-15-32-47/h1-42H. The molecule has 2 heterocycles. The third kappa shape index (κ3) is 5.71. The van der Waals surface area contributed by atoms with E-state index >= 15 is 0 Å². The fraction of sp³-hybridized carbons (Fsp3) is 0. The molecule has 10 aromatic carbocycles. The zero-order chi connectivity index (χ0) is 41.7. The van der Waals surface area contributed by atoms with Gasteiger partial charge in [-0.15, -0.1) is 0 Å². The Bertz CT molecular complexity index is 3500. The normalized spacial score (nSPS) is 11.8. The lowest BCUT2D eigenvalue weighted by atomic mass is 9.99. The van der Waals surface area contributed by atoms with Crippen molar-refractivity contribution in [2.75, 3.05) is 0 Å². The number of hydrogen-bond donors (Lipinski definition) is 0. The first kappa shape index (κ1) is 36.8. The summed E-state index contributed by atoms with van der Waals surface area (Å²) in [4.78, 5) is 0. The maximum absolute atomic E-state index is 3.05. The number of nitrogens with zero attached hydrogens (tertiary/aromatic N) is 2. The van der Waals surface area contributed by atoms with Crippen LogP contribution in [0, 0.1) is 0 Å². The molecule has 2 aromatic heterocycles. The van der Waals surface area contributed by atoms with Gasteiger partial charge in [0.2, 0.25) is 0 Å². The fourth-order valence-corrected chi connectivity index (χ4v) is 15.4. The first-order valence-corrected chi connectivity index (χ1v) is 23.8. The number of rotatable bonds is 8. The first-order chi connectivity index (χ1) is 31.3. The van der Waals surface area contributed by atoms with Gasteiger partial charge in [-0.05, 0) is 50.1 Å². The van der Waals surface area contributed by atoms with Gasteiger partial charge in [0, 0.05) is 32.7 Å². The monoisotopic (exact) mass is 818 g/mol. The molecule has 0 unspecified atom stereocenters. The van der Waals surface area contributed by atoms with Crippen LogP contribution in [0.4, 0.5) is 0 Å². The lowest BCUT2D eigenvalue weighted by Gasteiger charge is -2.35. The average molecular weight is 819 g/mol. The Morgan fingerprint density at radius 1 is 0.270 bits per heavy atom.